The van der Waals surface area contributed by atoms with Gasteiger partial charge >= 0.3 is 0 Å². The van der Waals surface area contributed by atoms with Crippen molar-refractivity contribution < 1.29 is 4.42 Å². The summed E-state index contributed by atoms with van der Waals surface area (Å²) < 4.78 is 7.44. The third kappa shape index (κ3) is 2.58. The highest BCUT2D eigenvalue weighted by Crippen LogP contribution is 2.20. The van der Waals surface area contributed by atoms with Gasteiger partial charge in [0, 0.05) is 24.3 Å². The number of aryl methyl sites for hydroxylation is 1. The highest BCUT2D eigenvalue weighted by molar-refractivity contribution is 5.17. The average molecular weight is 231 g/mol. The van der Waals surface area contributed by atoms with E-state index in [1.807, 2.05) is 30.1 Å². The SMILES string of the molecule is Cc1cnn(Cc2occc2CNC2CC2)c1. The Bertz CT molecular complexity index is 496. The molecule has 0 bridgehead atoms. The zero-order valence-corrected chi connectivity index (χ0v) is 10.0. The summed E-state index contributed by atoms with van der Waals surface area (Å²) in [6, 6.07) is 2.77. The average Bonchev–Trinajstić information content (AvgIpc) is 2.90. The Balaban J connectivity index is 1.67. The first kappa shape index (κ1) is 10.6. The van der Waals surface area contributed by atoms with E-state index >= 15 is 0 Å². The van der Waals surface area contributed by atoms with E-state index in [1.54, 1.807) is 6.26 Å². The van der Waals surface area contributed by atoms with E-state index in [9.17, 15) is 0 Å². The first-order valence-electron chi connectivity index (χ1n) is 6.09. The first-order chi connectivity index (χ1) is 8.31. The summed E-state index contributed by atoms with van der Waals surface area (Å²) in [5.74, 6) is 1.00. The first-order valence-corrected chi connectivity index (χ1v) is 6.09. The van der Waals surface area contributed by atoms with Gasteiger partial charge in [0.25, 0.3) is 0 Å². The lowest BCUT2D eigenvalue weighted by molar-refractivity contribution is 0.472. The molecule has 17 heavy (non-hydrogen) atoms. The molecule has 2 aromatic rings. The van der Waals surface area contributed by atoms with Crippen molar-refractivity contribution in [3.05, 3.63) is 41.6 Å². The van der Waals surface area contributed by atoms with Crippen LogP contribution in [0.15, 0.2) is 29.1 Å². The number of aromatic nitrogens is 2. The van der Waals surface area contributed by atoms with Crippen molar-refractivity contribution in [1.82, 2.24) is 15.1 Å². The third-order valence-electron chi connectivity index (χ3n) is 3.06. The van der Waals surface area contributed by atoms with Gasteiger partial charge in [-0.3, -0.25) is 4.68 Å². The lowest BCUT2D eigenvalue weighted by atomic mass is 10.2. The number of rotatable bonds is 5. The summed E-state index contributed by atoms with van der Waals surface area (Å²) in [5.41, 5.74) is 2.42. The molecule has 0 spiro atoms. The molecule has 2 heterocycles. The summed E-state index contributed by atoms with van der Waals surface area (Å²) >= 11 is 0. The maximum atomic E-state index is 5.53. The van der Waals surface area contributed by atoms with Crippen LogP contribution in [0.2, 0.25) is 0 Å². The summed E-state index contributed by atoms with van der Waals surface area (Å²) in [7, 11) is 0. The van der Waals surface area contributed by atoms with Gasteiger partial charge in [-0.15, -0.1) is 0 Å². The smallest absolute Gasteiger partial charge is 0.129 e. The molecule has 0 amide bonds. The summed E-state index contributed by atoms with van der Waals surface area (Å²) in [4.78, 5) is 0. The Labute approximate surface area is 101 Å². The van der Waals surface area contributed by atoms with Gasteiger partial charge in [0.1, 0.15) is 5.76 Å². The molecule has 0 unspecified atom stereocenters. The number of hydrogen-bond donors (Lipinski definition) is 1. The Hall–Kier alpha value is -1.55. The molecule has 1 N–H and O–H groups in total. The second-order valence-electron chi connectivity index (χ2n) is 4.74. The van der Waals surface area contributed by atoms with Crippen molar-refractivity contribution in [2.75, 3.05) is 0 Å². The van der Waals surface area contributed by atoms with Gasteiger partial charge < -0.3 is 9.73 Å². The van der Waals surface area contributed by atoms with E-state index in [2.05, 4.69) is 10.4 Å². The topological polar surface area (TPSA) is 43.0 Å². The molecule has 0 aromatic carbocycles. The van der Waals surface area contributed by atoms with Crippen LogP contribution in [0.25, 0.3) is 0 Å². The number of nitrogens with zero attached hydrogens (tertiary/aromatic N) is 2. The molecule has 0 aliphatic heterocycles. The van der Waals surface area contributed by atoms with Crippen LogP contribution < -0.4 is 5.32 Å². The summed E-state index contributed by atoms with van der Waals surface area (Å²) in [6.45, 7) is 3.65. The Kier molecular flexibility index (Phi) is 2.73. The lowest BCUT2D eigenvalue weighted by Crippen LogP contribution is -2.16. The van der Waals surface area contributed by atoms with Crippen LogP contribution in [0.1, 0.15) is 29.7 Å². The molecule has 1 aliphatic rings. The minimum absolute atomic E-state index is 0.711. The molecule has 0 radical (unpaired) electrons. The Morgan fingerprint density at radius 1 is 1.53 bits per heavy atom. The molecule has 3 rings (SSSR count). The quantitative estimate of drug-likeness (QED) is 0.856. The van der Waals surface area contributed by atoms with Gasteiger partial charge in [-0.25, -0.2) is 0 Å². The fourth-order valence-corrected chi connectivity index (χ4v) is 1.91. The van der Waals surface area contributed by atoms with Gasteiger partial charge in [0.05, 0.1) is 19.0 Å². The molecule has 4 heteroatoms. The van der Waals surface area contributed by atoms with Crippen LogP contribution in [0.4, 0.5) is 0 Å². The Morgan fingerprint density at radius 3 is 3.12 bits per heavy atom. The lowest BCUT2D eigenvalue weighted by Gasteiger charge is -2.04. The van der Waals surface area contributed by atoms with E-state index in [0.29, 0.717) is 6.54 Å². The minimum atomic E-state index is 0.711. The van der Waals surface area contributed by atoms with E-state index in [-0.39, 0.29) is 0 Å². The van der Waals surface area contributed by atoms with Crippen LogP contribution in [-0.2, 0) is 13.1 Å². The Morgan fingerprint density at radius 2 is 2.41 bits per heavy atom. The van der Waals surface area contributed by atoms with Crippen LogP contribution in [0.5, 0.6) is 0 Å². The molecule has 1 saturated carbocycles. The maximum Gasteiger partial charge on any atom is 0.129 e. The molecule has 1 aliphatic carbocycles. The predicted molar refractivity (Wildman–Crippen MR) is 64.6 cm³/mol. The zero-order valence-electron chi connectivity index (χ0n) is 10.0. The van der Waals surface area contributed by atoms with Crippen molar-refractivity contribution in [2.45, 2.75) is 38.9 Å². The van der Waals surface area contributed by atoms with Crippen molar-refractivity contribution in [3.63, 3.8) is 0 Å². The van der Waals surface area contributed by atoms with Crippen LogP contribution in [0.3, 0.4) is 0 Å². The second kappa shape index (κ2) is 4.37. The molecule has 4 nitrogen and oxygen atoms in total. The third-order valence-corrected chi connectivity index (χ3v) is 3.06. The van der Waals surface area contributed by atoms with Crippen LogP contribution in [-0.4, -0.2) is 15.8 Å². The van der Waals surface area contributed by atoms with Gasteiger partial charge in [-0.2, -0.15) is 5.10 Å². The molecule has 90 valence electrons. The standard InChI is InChI=1S/C13H17N3O/c1-10-6-15-16(8-10)9-13-11(4-5-17-13)7-14-12-2-3-12/h4-6,8,12,14H,2-3,7,9H2,1H3. The number of hydrogen-bond acceptors (Lipinski definition) is 3. The molecule has 2 aromatic heterocycles. The normalized spacial score (nSPS) is 15.4. The van der Waals surface area contributed by atoms with Crippen molar-refractivity contribution in [1.29, 1.82) is 0 Å². The van der Waals surface area contributed by atoms with Crippen LogP contribution >= 0.6 is 0 Å². The zero-order chi connectivity index (χ0) is 11.7. The molecule has 1 fully saturated rings. The second-order valence-corrected chi connectivity index (χ2v) is 4.74. The van der Waals surface area contributed by atoms with Crippen molar-refractivity contribution in [2.24, 2.45) is 0 Å². The molecule has 0 saturated heterocycles. The van der Waals surface area contributed by atoms with E-state index < -0.39 is 0 Å². The summed E-state index contributed by atoms with van der Waals surface area (Å²) in [6.07, 6.45) is 8.28. The summed E-state index contributed by atoms with van der Waals surface area (Å²) in [5, 5.41) is 7.78. The molecular formula is C13H17N3O. The highest BCUT2D eigenvalue weighted by Gasteiger charge is 2.20. The van der Waals surface area contributed by atoms with Gasteiger partial charge in [0.15, 0.2) is 0 Å². The predicted octanol–water partition coefficient (Wildman–Crippen LogP) is 2.08. The maximum absolute atomic E-state index is 5.53. The van der Waals surface area contributed by atoms with E-state index in [1.165, 1.54) is 24.0 Å². The van der Waals surface area contributed by atoms with E-state index in [0.717, 1.165) is 18.3 Å². The van der Waals surface area contributed by atoms with Gasteiger partial charge in [-0.1, -0.05) is 0 Å². The number of furan rings is 1. The highest BCUT2D eigenvalue weighted by atomic mass is 16.3. The van der Waals surface area contributed by atoms with Crippen molar-refractivity contribution in [3.8, 4) is 0 Å². The molecular weight excluding hydrogens is 214 g/mol. The van der Waals surface area contributed by atoms with E-state index in [4.69, 9.17) is 4.42 Å². The minimum Gasteiger partial charge on any atom is -0.467 e. The monoisotopic (exact) mass is 231 g/mol. The largest absolute Gasteiger partial charge is 0.467 e. The van der Waals surface area contributed by atoms with Gasteiger partial charge in [0.2, 0.25) is 0 Å². The van der Waals surface area contributed by atoms with Gasteiger partial charge in [-0.05, 0) is 31.4 Å². The van der Waals surface area contributed by atoms with Crippen molar-refractivity contribution >= 4 is 0 Å². The van der Waals surface area contributed by atoms with Crippen LogP contribution in [0, 0.1) is 6.92 Å². The molecule has 0 atom stereocenters. The fourth-order valence-electron chi connectivity index (χ4n) is 1.91. The number of nitrogens with one attached hydrogen (secondary N) is 1. The fraction of sp³-hybridized carbons (Fsp3) is 0.462.